The Morgan fingerprint density at radius 3 is 2.63 bits per heavy atom. The number of fused-ring (bicyclic) bond motifs is 1. The summed E-state index contributed by atoms with van der Waals surface area (Å²) in [5.74, 6) is 0.797. The highest BCUT2D eigenvalue weighted by Gasteiger charge is 2.39. The fourth-order valence-electron chi connectivity index (χ4n) is 3.28. The van der Waals surface area contributed by atoms with Gasteiger partial charge in [-0.05, 0) is 58.1 Å². The molecule has 0 N–H and O–H groups in total. The molecule has 0 radical (unpaired) electrons. The van der Waals surface area contributed by atoms with Gasteiger partial charge in [0.15, 0.2) is 5.69 Å². The molecule has 0 spiro atoms. The lowest BCUT2D eigenvalue weighted by molar-refractivity contribution is -0.142. The predicted octanol–water partition coefficient (Wildman–Crippen LogP) is 5.70. The molecule has 140 valence electrons. The van der Waals surface area contributed by atoms with Crippen molar-refractivity contribution in [3.63, 3.8) is 0 Å². The lowest BCUT2D eigenvalue weighted by Crippen LogP contribution is -2.10. The third-order valence-corrected chi connectivity index (χ3v) is 5.27. The fraction of sp³-hybridized carbons (Fsp3) is 0.250. The van der Waals surface area contributed by atoms with Crippen LogP contribution in [0.15, 0.2) is 53.0 Å². The van der Waals surface area contributed by atoms with Crippen LogP contribution in [0.4, 0.5) is 13.2 Å². The van der Waals surface area contributed by atoms with E-state index in [1.54, 1.807) is 6.07 Å². The summed E-state index contributed by atoms with van der Waals surface area (Å²) in [6, 6.07) is 14.8. The molecule has 3 aromatic rings. The summed E-state index contributed by atoms with van der Waals surface area (Å²) in [5, 5.41) is 3.88. The number of alkyl halides is 3. The minimum atomic E-state index is -4.53. The number of nitrogens with zero attached hydrogens (tertiary/aromatic N) is 2. The van der Waals surface area contributed by atoms with Crippen LogP contribution in [-0.2, 0) is 19.1 Å². The Kier molecular flexibility index (Phi) is 4.72. The Labute approximate surface area is 162 Å². The highest BCUT2D eigenvalue weighted by atomic mass is 79.9. The van der Waals surface area contributed by atoms with Gasteiger partial charge < -0.3 is 4.74 Å². The smallest absolute Gasteiger partial charge is 0.436 e. The van der Waals surface area contributed by atoms with Gasteiger partial charge in [0.05, 0.1) is 23.3 Å². The first-order chi connectivity index (χ1) is 12.9. The molecule has 0 saturated heterocycles. The van der Waals surface area contributed by atoms with Crippen molar-refractivity contribution >= 4 is 15.9 Å². The summed E-state index contributed by atoms with van der Waals surface area (Å²) in [4.78, 5) is 0. The third-order valence-electron chi connectivity index (χ3n) is 4.52. The van der Waals surface area contributed by atoms with Crippen molar-refractivity contribution in [3.8, 4) is 17.0 Å². The van der Waals surface area contributed by atoms with E-state index in [0.29, 0.717) is 17.9 Å². The van der Waals surface area contributed by atoms with Gasteiger partial charge >= 0.3 is 6.18 Å². The average molecular weight is 437 g/mol. The Balaban J connectivity index is 1.84. The van der Waals surface area contributed by atoms with Gasteiger partial charge in [-0.15, -0.1) is 0 Å². The number of aromatic nitrogens is 2. The van der Waals surface area contributed by atoms with Crippen LogP contribution in [-0.4, -0.2) is 16.4 Å². The van der Waals surface area contributed by atoms with E-state index in [-0.39, 0.29) is 11.0 Å². The molecule has 0 bridgehead atoms. The van der Waals surface area contributed by atoms with Crippen molar-refractivity contribution in [3.05, 3.63) is 69.8 Å². The van der Waals surface area contributed by atoms with Gasteiger partial charge in [0.1, 0.15) is 5.75 Å². The van der Waals surface area contributed by atoms with Gasteiger partial charge in [-0.2, -0.15) is 18.3 Å². The van der Waals surface area contributed by atoms with Crippen LogP contribution < -0.4 is 4.74 Å². The van der Waals surface area contributed by atoms with E-state index in [9.17, 15) is 13.2 Å². The third kappa shape index (κ3) is 3.60. The number of ether oxygens (including phenoxy) is 1. The van der Waals surface area contributed by atoms with Crippen LogP contribution in [0.5, 0.6) is 5.75 Å². The van der Waals surface area contributed by atoms with E-state index in [1.165, 1.54) is 4.68 Å². The molecule has 1 aromatic heterocycles. The number of rotatable bonds is 3. The van der Waals surface area contributed by atoms with E-state index in [2.05, 4.69) is 21.0 Å². The Hall–Kier alpha value is -2.28. The van der Waals surface area contributed by atoms with Gasteiger partial charge in [0.2, 0.25) is 0 Å². The SMILES string of the molecule is FC(F)(F)c1nn(Cc2ccccc2)c(-c2ccc3c(c2)CCCO3)c1Br. The summed E-state index contributed by atoms with van der Waals surface area (Å²) in [6.45, 7) is 0.915. The first-order valence-electron chi connectivity index (χ1n) is 8.57. The van der Waals surface area contributed by atoms with E-state index in [1.807, 2.05) is 42.5 Å². The Morgan fingerprint density at radius 1 is 1.11 bits per heavy atom. The Bertz CT molecular complexity index is 967. The monoisotopic (exact) mass is 436 g/mol. The van der Waals surface area contributed by atoms with Crippen LogP contribution in [0.3, 0.4) is 0 Å². The molecule has 3 nitrogen and oxygen atoms in total. The number of halogens is 4. The maximum Gasteiger partial charge on any atom is 0.436 e. The van der Waals surface area contributed by atoms with Crippen LogP contribution in [0.2, 0.25) is 0 Å². The van der Waals surface area contributed by atoms with Gasteiger partial charge in [-0.25, -0.2) is 0 Å². The van der Waals surface area contributed by atoms with Crippen molar-refractivity contribution < 1.29 is 17.9 Å². The number of benzene rings is 2. The quantitative estimate of drug-likeness (QED) is 0.526. The summed E-state index contributed by atoms with van der Waals surface area (Å²) < 4.78 is 47.3. The summed E-state index contributed by atoms with van der Waals surface area (Å²) >= 11 is 3.15. The fourth-order valence-corrected chi connectivity index (χ4v) is 4.01. The predicted molar refractivity (Wildman–Crippen MR) is 99.7 cm³/mol. The first kappa shape index (κ1) is 18.1. The van der Waals surface area contributed by atoms with Crippen molar-refractivity contribution in [1.82, 2.24) is 9.78 Å². The van der Waals surface area contributed by atoms with Crippen molar-refractivity contribution in [2.24, 2.45) is 0 Å². The van der Waals surface area contributed by atoms with Crippen molar-refractivity contribution in [2.45, 2.75) is 25.6 Å². The average Bonchev–Trinajstić information content (AvgIpc) is 2.98. The maximum absolute atomic E-state index is 13.4. The zero-order valence-electron chi connectivity index (χ0n) is 14.3. The standard InChI is InChI=1S/C20H16BrF3N2O/c21-17-18(15-8-9-16-14(11-15)7-4-10-27-16)26(25-19(17)20(22,23)24)12-13-5-2-1-3-6-13/h1-3,5-6,8-9,11H,4,7,10,12H2. The molecule has 0 atom stereocenters. The lowest BCUT2D eigenvalue weighted by atomic mass is 10.0. The van der Waals surface area contributed by atoms with Crippen LogP contribution >= 0.6 is 15.9 Å². The Morgan fingerprint density at radius 2 is 1.89 bits per heavy atom. The zero-order valence-corrected chi connectivity index (χ0v) is 15.8. The van der Waals surface area contributed by atoms with Gasteiger partial charge in [-0.3, -0.25) is 4.68 Å². The molecule has 0 aliphatic carbocycles. The first-order valence-corrected chi connectivity index (χ1v) is 9.36. The highest BCUT2D eigenvalue weighted by molar-refractivity contribution is 9.10. The molecule has 1 aliphatic heterocycles. The molecule has 0 unspecified atom stereocenters. The lowest BCUT2D eigenvalue weighted by Gasteiger charge is -2.18. The molecule has 0 fully saturated rings. The second-order valence-corrected chi connectivity index (χ2v) is 7.22. The zero-order chi connectivity index (χ0) is 19.0. The van der Waals surface area contributed by atoms with E-state index >= 15 is 0 Å². The van der Waals surface area contributed by atoms with Gasteiger partial charge in [0.25, 0.3) is 0 Å². The molecule has 4 rings (SSSR count). The summed E-state index contributed by atoms with van der Waals surface area (Å²) in [6.07, 6.45) is -2.79. The van der Waals surface area contributed by atoms with Crippen LogP contribution in [0.1, 0.15) is 23.2 Å². The van der Waals surface area contributed by atoms with Crippen LogP contribution in [0.25, 0.3) is 11.3 Å². The minimum absolute atomic E-state index is 0.0393. The van der Waals surface area contributed by atoms with Crippen molar-refractivity contribution in [1.29, 1.82) is 0 Å². The molecule has 1 aliphatic rings. The summed E-state index contributed by atoms with van der Waals surface area (Å²) in [5.41, 5.74) is 2.07. The molecule has 2 heterocycles. The molecule has 0 saturated carbocycles. The highest BCUT2D eigenvalue weighted by Crippen LogP contribution is 2.41. The van der Waals surface area contributed by atoms with Crippen molar-refractivity contribution in [2.75, 3.05) is 6.61 Å². The second-order valence-electron chi connectivity index (χ2n) is 6.43. The largest absolute Gasteiger partial charge is 0.493 e. The number of aryl methyl sites for hydroxylation is 1. The molecule has 2 aromatic carbocycles. The second kappa shape index (κ2) is 7.03. The molecule has 7 heteroatoms. The van der Waals surface area contributed by atoms with Gasteiger partial charge in [-0.1, -0.05) is 30.3 Å². The summed E-state index contributed by atoms with van der Waals surface area (Å²) in [7, 11) is 0. The maximum atomic E-state index is 13.4. The van der Waals surface area contributed by atoms with E-state index < -0.39 is 11.9 Å². The topological polar surface area (TPSA) is 27.1 Å². The molecular formula is C20H16BrF3N2O. The van der Waals surface area contributed by atoms with Crippen LogP contribution in [0, 0.1) is 0 Å². The molecule has 27 heavy (non-hydrogen) atoms. The normalized spacial score (nSPS) is 13.9. The number of hydrogen-bond donors (Lipinski definition) is 0. The van der Waals surface area contributed by atoms with E-state index in [0.717, 1.165) is 29.7 Å². The molecule has 0 amide bonds. The van der Waals surface area contributed by atoms with Gasteiger partial charge in [0, 0.05) is 5.56 Å². The minimum Gasteiger partial charge on any atom is -0.493 e. The van der Waals surface area contributed by atoms with E-state index in [4.69, 9.17) is 4.74 Å². The molecular weight excluding hydrogens is 421 g/mol. The number of hydrogen-bond acceptors (Lipinski definition) is 2.